The van der Waals surface area contributed by atoms with Gasteiger partial charge in [-0.3, -0.25) is 0 Å². The number of hydrogen-bond donors (Lipinski definition) is 3. The lowest BCUT2D eigenvalue weighted by atomic mass is 9.59. The van der Waals surface area contributed by atoms with Gasteiger partial charge in [-0.25, -0.2) is 4.98 Å². The van der Waals surface area contributed by atoms with Crippen LogP contribution in [-0.2, 0) is 6.42 Å². The zero-order valence-corrected chi connectivity index (χ0v) is 16.2. The van der Waals surface area contributed by atoms with E-state index in [1.165, 1.54) is 11.1 Å². The third kappa shape index (κ3) is 4.20. The minimum atomic E-state index is -0.0365. The molecule has 2 aromatic rings. The highest BCUT2D eigenvalue weighted by molar-refractivity contribution is 5.54. The number of nitriles is 1. The summed E-state index contributed by atoms with van der Waals surface area (Å²) in [6.45, 7) is 7.25. The molecule has 0 aliphatic heterocycles. The molecule has 1 heterocycles. The van der Waals surface area contributed by atoms with Crippen LogP contribution in [0.15, 0.2) is 30.5 Å². The van der Waals surface area contributed by atoms with Gasteiger partial charge in [-0.15, -0.1) is 0 Å². The summed E-state index contributed by atoms with van der Waals surface area (Å²) in [6.07, 6.45) is 3.30. The first kappa shape index (κ1) is 19.1. The summed E-state index contributed by atoms with van der Waals surface area (Å²) < 4.78 is 0. The molecule has 0 unspecified atom stereocenters. The third-order valence-electron chi connectivity index (χ3n) is 5.69. The van der Waals surface area contributed by atoms with Crippen LogP contribution in [0.2, 0.25) is 0 Å². The van der Waals surface area contributed by atoms with Gasteiger partial charge >= 0.3 is 0 Å². The molecular formula is C21H27N5O. The fraction of sp³-hybridized carbons (Fsp3) is 0.476. The maximum Gasteiger partial charge on any atom is 0.224 e. The van der Waals surface area contributed by atoms with Crippen molar-refractivity contribution in [1.82, 2.24) is 9.97 Å². The number of anilines is 2. The van der Waals surface area contributed by atoms with Crippen LogP contribution in [0, 0.1) is 29.6 Å². The van der Waals surface area contributed by atoms with Crippen LogP contribution in [0.3, 0.4) is 0 Å². The first-order valence-corrected chi connectivity index (χ1v) is 9.38. The molecule has 1 aromatic carbocycles. The van der Waals surface area contributed by atoms with E-state index >= 15 is 0 Å². The molecule has 0 amide bonds. The highest BCUT2D eigenvalue weighted by Crippen LogP contribution is 2.47. The second kappa shape index (κ2) is 7.93. The van der Waals surface area contributed by atoms with Gasteiger partial charge in [0.2, 0.25) is 5.95 Å². The highest BCUT2D eigenvalue weighted by atomic mass is 16.3. The number of nitrogens with one attached hydrogen (secondary N) is 2. The van der Waals surface area contributed by atoms with Gasteiger partial charge in [0.1, 0.15) is 17.5 Å². The zero-order valence-electron chi connectivity index (χ0n) is 16.2. The Kier molecular flexibility index (Phi) is 5.62. The van der Waals surface area contributed by atoms with Gasteiger partial charge in [-0.1, -0.05) is 43.7 Å². The van der Waals surface area contributed by atoms with Crippen molar-refractivity contribution in [2.75, 3.05) is 23.8 Å². The number of aliphatic hydroxyl groups is 1. The third-order valence-corrected chi connectivity index (χ3v) is 5.69. The van der Waals surface area contributed by atoms with Crippen LogP contribution in [0.4, 0.5) is 11.8 Å². The van der Waals surface area contributed by atoms with E-state index in [4.69, 9.17) is 0 Å². The Labute approximate surface area is 160 Å². The SMILES string of the molecule is Cc1cccc(CCNc2ncc(C#N)c(N[C@H]3C[C@H](CO)C3(C)C)n2)c1. The number of nitrogens with zero attached hydrogens (tertiary/aromatic N) is 3. The molecule has 1 aliphatic carbocycles. The van der Waals surface area contributed by atoms with Gasteiger partial charge in [0.05, 0.1) is 6.20 Å². The Morgan fingerprint density at radius 3 is 2.85 bits per heavy atom. The minimum Gasteiger partial charge on any atom is -0.396 e. The predicted octanol–water partition coefficient (Wildman–Crippen LogP) is 3.13. The van der Waals surface area contributed by atoms with Crippen LogP contribution in [0.25, 0.3) is 0 Å². The molecule has 0 radical (unpaired) electrons. The molecule has 6 nitrogen and oxygen atoms in total. The van der Waals surface area contributed by atoms with Gasteiger partial charge in [-0.2, -0.15) is 10.2 Å². The smallest absolute Gasteiger partial charge is 0.224 e. The number of hydrogen-bond acceptors (Lipinski definition) is 6. The van der Waals surface area contributed by atoms with Crippen LogP contribution in [-0.4, -0.2) is 34.3 Å². The summed E-state index contributed by atoms with van der Waals surface area (Å²) in [4.78, 5) is 8.76. The van der Waals surface area contributed by atoms with Crippen LogP contribution < -0.4 is 10.6 Å². The number of benzene rings is 1. The summed E-state index contributed by atoms with van der Waals surface area (Å²) in [5.41, 5.74) is 2.91. The maximum absolute atomic E-state index is 9.44. The molecule has 142 valence electrons. The van der Waals surface area contributed by atoms with Crippen molar-refractivity contribution in [3.05, 3.63) is 47.2 Å². The van der Waals surface area contributed by atoms with Crippen LogP contribution >= 0.6 is 0 Å². The van der Waals surface area contributed by atoms with Crippen molar-refractivity contribution < 1.29 is 5.11 Å². The standard InChI is InChI=1S/C21H27N5O/c1-14-5-4-6-15(9-14)7-8-23-20-24-12-16(11-22)19(26-20)25-18-10-17(13-27)21(18,2)3/h4-6,9,12,17-18,27H,7-8,10,13H2,1-3H3,(H2,23,24,25,26)/t17-,18+/m1/s1. The zero-order chi connectivity index (χ0) is 19.4. The number of aromatic nitrogens is 2. The Hall–Kier alpha value is -2.65. The summed E-state index contributed by atoms with van der Waals surface area (Å²) in [6, 6.07) is 10.8. The molecule has 1 aliphatic rings. The van der Waals surface area contributed by atoms with E-state index < -0.39 is 0 Å². The normalized spacial score (nSPS) is 20.4. The van der Waals surface area contributed by atoms with Crippen LogP contribution in [0.1, 0.15) is 37.0 Å². The number of aliphatic hydroxyl groups excluding tert-OH is 1. The molecule has 0 spiro atoms. The molecule has 1 saturated carbocycles. The first-order valence-electron chi connectivity index (χ1n) is 9.38. The van der Waals surface area contributed by atoms with E-state index in [2.05, 4.69) is 71.7 Å². The lowest BCUT2D eigenvalue weighted by Crippen LogP contribution is -2.54. The maximum atomic E-state index is 9.44. The minimum absolute atomic E-state index is 0.0365. The fourth-order valence-electron chi connectivity index (χ4n) is 3.58. The Bertz CT molecular complexity index is 843. The molecule has 0 saturated heterocycles. The van der Waals surface area contributed by atoms with E-state index in [-0.39, 0.29) is 24.0 Å². The fourth-order valence-corrected chi connectivity index (χ4v) is 3.58. The van der Waals surface area contributed by atoms with Gasteiger partial charge in [0.15, 0.2) is 0 Å². The lowest BCUT2D eigenvalue weighted by molar-refractivity contribution is 0.00449. The van der Waals surface area contributed by atoms with Crippen molar-refractivity contribution >= 4 is 11.8 Å². The Morgan fingerprint density at radius 1 is 1.37 bits per heavy atom. The van der Waals surface area contributed by atoms with E-state index in [0.717, 1.165) is 19.4 Å². The molecule has 0 bridgehead atoms. The van der Waals surface area contributed by atoms with Crippen LogP contribution in [0.5, 0.6) is 0 Å². The monoisotopic (exact) mass is 365 g/mol. The van der Waals surface area contributed by atoms with E-state index in [1.54, 1.807) is 6.20 Å². The van der Waals surface area contributed by atoms with Gasteiger partial charge in [0, 0.05) is 19.2 Å². The average molecular weight is 365 g/mol. The molecular weight excluding hydrogens is 338 g/mol. The predicted molar refractivity (Wildman–Crippen MR) is 107 cm³/mol. The second-order valence-electron chi connectivity index (χ2n) is 7.87. The average Bonchev–Trinajstić information content (AvgIpc) is 2.65. The summed E-state index contributed by atoms with van der Waals surface area (Å²) in [5.74, 6) is 1.34. The summed E-state index contributed by atoms with van der Waals surface area (Å²) in [7, 11) is 0. The first-order chi connectivity index (χ1) is 12.9. The van der Waals surface area contributed by atoms with Crippen molar-refractivity contribution in [1.29, 1.82) is 5.26 Å². The van der Waals surface area contributed by atoms with E-state index in [9.17, 15) is 10.4 Å². The molecule has 1 aromatic heterocycles. The van der Waals surface area contributed by atoms with E-state index in [0.29, 0.717) is 17.3 Å². The van der Waals surface area contributed by atoms with E-state index in [1.807, 2.05) is 0 Å². The quantitative estimate of drug-likeness (QED) is 0.698. The molecule has 3 rings (SSSR count). The lowest BCUT2D eigenvalue weighted by Gasteiger charge is -2.52. The Balaban J connectivity index is 1.64. The van der Waals surface area contributed by atoms with Crippen molar-refractivity contribution in [3.8, 4) is 6.07 Å². The Morgan fingerprint density at radius 2 is 2.19 bits per heavy atom. The number of rotatable bonds is 7. The van der Waals surface area contributed by atoms with Gasteiger partial charge < -0.3 is 15.7 Å². The second-order valence-corrected chi connectivity index (χ2v) is 7.87. The van der Waals surface area contributed by atoms with Crippen molar-refractivity contribution in [2.24, 2.45) is 11.3 Å². The molecule has 6 heteroatoms. The number of aryl methyl sites for hydroxylation is 1. The largest absolute Gasteiger partial charge is 0.396 e. The highest BCUT2D eigenvalue weighted by Gasteiger charge is 2.47. The molecule has 27 heavy (non-hydrogen) atoms. The molecule has 2 atom stereocenters. The molecule has 1 fully saturated rings. The topological polar surface area (TPSA) is 93.9 Å². The summed E-state index contributed by atoms with van der Waals surface area (Å²) in [5, 5.41) is 25.4. The van der Waals surface area contributed by atoms with Gasteiger partial charge in [0.25, 0.3) is 0 Å². The van der Waals surface area contributed by atoms with Crippen molar-refractivity contribution in [2.45, 2.75) is 39.7 Å². The van der Waals surface area contributed by atoms with Gasteiger partial charge in [-0.05, 0) is 36.7 Å². The van der Waals surface area contributed by atoms with Crippen molar-refractivity contribution in [3.63, 3.8) is 0 Å². The molecule has 3 N–H and O–H groups in total. The summed E-state index contributed by atoms with van der Waals surface area (Å²) >= 11 is 0.